The number of hydrogen-bond donors (Lipinski definition) is 0. The Kier molecular flexibility index (Phi) is 8.43. The van der Waals surface area contributed by atoms with Crippen molar-refractivity contribution in [2.24, 2.45) is 0 Å². The molecule has 0 unspecified atom stereocenters. The van der Waals surface area contributed by atoms with Crippen LogP contribution >= 0.6 is 0 Å². The van der Waals surface area contributed by atoms with Gasteiger partial charge in [0.05, 0.1) is 11.4 Å². The Hall–Kier alpha value is -7.63. The molecule has 0 bridgehead atoms. The zero-order chi connectivity index (χ0) is 37.3. The van der Waals surface area contributed by atoms with E-state index in [0.29, 0.717) is 23.3 Å². The molecule has 10 aromatic rings. The molecule has 0 radical (unpaired) electrons. The summed E-state index contributed by atoms with van der Waals surface area (Å²) in [6, 6.07) is 68.7. The van der Waals surface area contributed by atoms with Crippen LogP contribution in [0.1, 0.15) is 0 Å². The summed E-state index contributed by atoms with van der Waals surface area (Å²) in [7, 11) is 0. The lowest BCUT2D eigenvalue weighted by atomic mass is 9.92. The molecule has 0 aliphatic heterocycles. The fourth-order valence-corrected chi connectivity index (χ4v) is 7.39. The first-order valence-corrected chi connectivity index (χ1v) is 18.7. The van der Waals surface area contributed by atoms with Gasteiger partial charge in [-0.15, -0.1) is 0 Å². The van der Waals surface area contributed by atoms with Gasteiger partial charge in [-0.05, 0) is 38.7 Å². The largest absolute Gasteiger partial charge is 0.228 e. The minimum atomic E-state index is 0.622. The van der Waals surface area contributed by atoms with Crippen LogP contribution in [0.2, 0.25) is 0 Å². The van der Waals surface area contributed by atoms with Crippen molar-refractivity contribution in [3.8, 4) is 79.2 Å². The van der Waals surface area contributed by atoms with Crippen LogP contribution in [0.5, 0.6) is 0 Å². The molecule has 8 aromatic carbocycles. The van der Waals surface area contributed by atoms with Gasteiger partial charge in [-0.1, -0.05) is 194 Å². The van der Waals surface area contributed by atoms with E-state index in [1.54, 1.807) is 0 Å². The molecule has 0 spiro atoms. The minimum Gasteiger partial charge on any atom is -0.228 e. The summed E-state index contributed by atoms with van der Waals surface area (Å²) < 4.78 is 0. The van der Waals surface area contributed by atoms with E-state index in [2.05, 4.69) is 121 Å². The van der Waals surface area contributed by atoms with Gasteiger partial charge in [-0.3, -0.25) is 0 Å². The highest BCUT2D eigenvalue weighted by Gasteiger charge is 2.19. The van der Waals surface area contributed by atoms with Gasteiger partial charge in [-0.2, -0.15) is 0 Å². The molecule has 0 fully saturated rings. The first-order chi connectivity index (χ1) is 27.7. The van der Waals surface area contributed by atoms with Crippen molar-refractivity contribution in [1.29, 1.82) is 0 Å². The molecule has 5 heteroatoms. The number of benzene rings is 8. The molecule has 56 heavy (non-hydrogen) atoms. The molecule has 2 aromatic heterocycles. The van der Waals surface area contributed by atoms with Crippen LogP contribution in [-0.4, -0.2) is 24.9 Å². The Morgan fingerprint density at radius 3 is 1.34 bits per heavy atom. The summed E-state index contributed by atoms with van der Waals surface area (Å²) in [5.74, 6) is 2.56. The maximum Gasteiger partial charge on any atom is 0.165 e. The smallest absolute Gasteiger partial charge is 0.165 e. The lowest BCUT2D eigenvalue weighted by Gasteiger charge is -2.15. The van der Waals surface area contributed by atoms with E-state index in [9.17, 15) is 0 Å². The van der Waals surface area contributed by atoms with E-state index in [1.165, 1.54) is 5.39 Å². The van der Waals surface area contributed by atoms with E-state index in [4.69, 9.17) is 24.9 Å². The first-order valence-electron chi connectivity index (χ1n) is 18.7. The van der Waals surface area contributed by atoms with Crippen molar-refractivity contribution in [2.75, 3.05) is 0 Å². The van der Waals surface area contributed by atoms with Crippen LogP contribution in [0.25, 0.3) is 101 Å². The lowest BCUT2D eigenvalue weighted by molar-refractivity contribution is 1.08. The average molecular weight is 716 g/mol. The predicted octanol–water partition coefficient (Wildman–Crippen LogP) is 12.6. The summed E-state index contributed by atoms with van der Waals surface area (Å²) in [5.41, 5.74) is 9.67. The standard InChI is InChI=1S/C51H33N5/c1-4-17-38(18-5-1)48-52-45(33-46(53-48)44-26-14-23-34-15-10-12-24-41(34)44)37-29-27-36(28-30-37)43-32-31-35-16-11-13-25-42(35)47(43)51-55-49(39-19-6-2-7-20-39)54-50(56-51)40-21-8-3-9-22-40/h1-33H. The normalized spacial score (nSPS) is 11.2. The van der Waals surface area contributed by atoms with Gasteiger partial charge in [0.15, 0.2) is 23.3 Å². The Morgan fingerprint density at radius 1 is 0.250 bits per heavy atom. The maximum absolute atomic E-state index is 5.16. The molecule has 0 saturated carbocycles. The number of fused-ring (bicyclic) bond motifs is 2. The molecule has 5 nitrogen and oxygen atoms in total. The Morgan fingerprint density at radius 2 is 0.714 bits per heavy atom. The van der Waals surface area contributed by atoms with E-state index >= 15 is 0 Å². The third kappa shape index (κ3) is 6.27. The average Bonchev–Trinajstić information content (AvgIpc) is 3.29. The third-order valence-corrected chi connectivity index (χ3v) is 10.2. The topological polar surface area (TPSA) is 64.5 Å². The molecule has 0 aliphatic carbocycles. The van der Waals surface area contributed by atoms with E-state index in [1.807, 2.05) is 78.9 Å². The third-order valence-electron chi connectivity index (χ3n) is 10.2. The van der Waals surface area contributed by atoms with Gasteiger partial charge in [0, 0.05) is 33.4 Å². The highest BCUT2D eigenvalue weighted by molar-refractivity contribution is 6.03. The van der Waals surface area contributed by atoms with Crippen molar-refractivity contribution in [1.82, 2.24) is 24.9 Å². The van der Waals surface area contributed by atoms with Crippen LogP contribution in [0.15, 0.2) is 200 Å². The van der Waals surface area contributed by atoms with Gasteiger partial charge in [0.25, 0.3) is 0 Å². The molecule has 0 N–H and O–H groups in total. The fourth-order valence-electron chi connectivity index (χ4n) is 7.39. The second-order valence-electron chi connectivity index (χ2n) is 13.7. The monoisotopic (exact) mass is 715 g/mol. The lowest BCUT2D eigenvalue weighted by Crippen LogP contribution is -2.01. The highest BCUT2D eigenvalue weighted by atomic mass is 15.0. The number of rotatable bonds is 7. The zero-order valence-electron chi connectivity index (χ0n) is 30.3. The first kappa shape index (κ1) is 33.0. The molecule has 262 valence electrons. The number of aromatic nitrogens is 5. The van der Waals surface area contributed by atoms with Crippen LogP contribution < -0.4 is 0 Å². The van der Waals surface area contributed by atoms with Gasteiger partial charge >= 0.3 is 0 Å². The van der Waals surface area contributed by atoms with Crippen molar-refractivity contribution in [3.63, 3.8) is 0 Å². The zero-order valence-corrected chi connectivity index (χ0v) is 30.3. The molecular formula is C51H33N5. The van der Waals surface area contributed by atoms with E-state index in [0.717, 1.165) is 72.1 Å². The Bertz CT molecular complexity index is 2940. The van der Waals surface area contributed by atoms with Crippen LogP contribution in [-0.2, 0) is 0 Å². The van der Waals surface area contributed by atoms with Crippen LogP contribution in [0.4, 0.5) is 0 Å². The van der Waals surface area contributed by atoms with Crippen LogP contribution in [0.3, 0.4) is 0 Å². The van der Waals surface area contributed by atoms with E-state index in [-0.39, 0.29) is 0 Å². The van der Waals surface area contributed by atoms with E-state index < -0.39 is 0 Å². The number of hydrogen-bond acceptors (Lipinski definition) is 5. The summed E-state index contributed by atoms with van der Waals surface area (Å²) in [6.45, 7) is 0. The molecular weight excluding hydrogens is 683 g/mol. The maximum atomic E-state index is 5.16. The molecule has 0 aliphatic rings. The second-order valence-corrected chi connectivity index (χ2v) is 13.7. The molecule has 10 rings (SSSR count). The summed E-state index contributed by atoms with van der Waals surface area (Å²) in [6.07, 6.45) is 0. The summed E-state index contributed by atoms with van der Waals surface area (Å²) >= 11 is 0. The Labute approximate surface area is 324 Å². The molecule has 0 atom stereocenters. The van der Waals surface area contributed by atoms with Crippen molar-refractivity contribution in [2.45, 2.75) is 0 Å². The molecule has 2 heterocycles. The SMILES string of the molecule is c1ccc(-c2nc(-c3ccc(-c4ccc5ccccc5c4-c4nc(-c5ccccc5)nc(-c5ccccc5)n4)cc3)cc(-c3cccc4ccccc34)n2)cc1. The van der Waals surface area contributed by atoms with Gasteiger partial charge in [0.2, 0.25) is 0 Å². The summed E-state index contributed by atoms with van der Waals surface area (Å²) in [5, 5.41) is 4.51. The summed E-state index contributed by atoms with van der Waals surface area (Å²) in [4.78, 5) is 25.5. The number of nitrogens with zero attached hydrogens (tertiary/aromatic N) is 5. The van der Waals surface area contributed by atoms with Crippen molar-refractivity contribution in [3.05, 3.63) is 200 Å². The predicted molar refractivity (Wildman–Crippen MR) is 228 cm³/mol. The fraction of sp³-hybridized carbons (Fsp3) is 0. The Balaban J connectivity index is 1.13. The van der Waals surface area contributed by atoms with Gasteiger partial charge in [0.1, 0.15) is 0 Å². The second kappa shape index (κ2) is 14.3. The quantitative estimate of drug-likeness (QED) is 0.164. The van der Waals surface area contributed by atoms with Crippen LogP contribution in [0, 0.1) is 0 Å². The molecule has 0 amide bonds. The van der Waals surface area contributed by atoms with Gasteiger partial charge < -0.3 is 0 Å². The van der Waals surface area contributed by atoms with Crippen molar-refractivity contribution < 1.29 is 0 Å². The molecule has 0 saturated heterocycles. The van der Waals surface area contributed by atoms with Crippen molar-refractivity contribution >= 4 is 21.5 Å². The van der Waals surface area contributed by atoms with Gasteiger partial charge in [-0.25, -0.2) is 24.9 Å². The highest BCUT2D eigenvalue weighted by Crippen LogP contribution is 2.39. The minimum absolute atomic E-state index is 0.622.